The maximum atomic E-state index is 5.98. The van der Waals surface area contributed by atoms with Gasteiger partial charge in [-0.25, -0.2) is 9.97 Å². The minimum atomic E-state index is 0.717. The number of halogens is 1. The molecule has 0 bridgehead atoms. The van der Waals surface area contributed by atoms with E-state index in [0.29, 0.717) is 5.02 Å². The second-order valence-electron chi connectivity index (χ2n) is 7.16. The molecule has 0 saturated carbocycles. The Morgan fingerprint density at radius 1 is 1.00 bits per heavy atom. The summed E-state index contributed by atoms with van der Waals surface area (Å²) in [6, 6.07) is 15.6. The number of aromatic nitrogens is 3. The summed E-state index contributed by atoms with van der Waals surface area (Å²) in [5.74, 6) is 1.55. The fourth-order valence-electron chi connectivity index (χ4n) is 3.59. The lowest BCUT2D eigenvalue weighted by atomic mass is 10.1. The van der Waals surface area contributed by atoms with Gasteiger partial charge in [0.15, 0.2) is 11.6 Å². The van der Waals surface area contributed by atoms with Gasteiger partial charge in [0.1, 0.15) is 5.69 Å². The van der Waals surface area contributed by atoms with Crippen LogP contribution >= 0.6 is 11.6 Å². The molecule has 0 atom stereocenters. The molecule has 4 aromatic rings. The molecule has 0 radical (unpaired) electrons. The molecule has 6 heteroatoms. The van der Waals surface area contributed by atoms with Crippen molar-refractivity contribution in [1.82, 2.24) is 19.9 Å². The molecule has 0 spiro atoms. The molecule has 0 unspecified atom stereocenters. The van der Waals surface area contributed by atoms with Crippen LogP contribution < -0.4 is 0 Å². The maximum Gasteiger partial charge on any atom is 0.159 e. The van der Waals surface area contributed by atoms with Crippen LogP contribution in [0.5, 0.6) is 0 Å². The van der Waals surface area contributed by atoms with Crippen LogP contribution in [0.2, 0.25) is 5.02 Å². The summed E-state index contributed by atoms with van der Waals surface area (Å²) in [6.07, 6.45) is 6.46. The monoisotopic (exact) mass is 402 g/mol. The number of nitrogens with zero attached hydrogens (tertiary/aromatic N) is 4. The zero-order valence-corrected chi connectivity index (χ0v) is 16.5. The molecule has 0 amide bonds. The summed E-state index contributed by atoms with van der Waals surface area (Å²) >= 11 is 5.98. The van der Waals surface area contributed by atoms with Crippen molar-refractivity contribution >= 4 is 11.6 Å². The molecule has 1 aliphatic heterocycles. The van der Waals surface area contributed by atoms with E-state index in [0.717, 1.165) is 54.6 Å². The van der Waals surface area contributed by atoms with Crippen molar-refractivity contribution in [3.63, 3.8) is 0 Å². The molecule has 0 aliphatic carbocycles. The predicted molar refractivity (Wildman–Crippen MR) is 112 cm³/mol. The van der Waals surface area contributed by atoms with Crippen LogP contribution in [0.1, 0.15) is 16.8 Å². The average Bonchev–Trinajstić information content (AvgIpc) is 3.29. The summed E-state index contributed by atoms with van der Waals surface area (Å²) in [7, 11) is 0. The van der Waals surface area contributed by atoms with Gasteiger partial charge in [0.25, 0.3) is 0 Å². The lowest BCUT2D eigenvalue weighted by Crippen LogP contribution is -2.31. The predicted octanol–water partition coefficient (Wildman–Crippen LogP) is 5.01. The fourth-order valence-corrected chi connectivity index (χ4v) is 3.72. The third-order valence-corrected chi connectivity index (χ3v) is 5.37. The first-order valence-electron chi connectivity index (χ1n) is 9.56. The first kappa shape index (κ1) is 18.0. The van der Waals surface area contributed by atoms with Crippen molar-refractivity contribution < 1.29 is 4.42 Å². The normalized spacial score (nSPS) is 14.0. The Balaban J connectivity index is 1.28. The van der Waals surface area contributed by atoms with Crippen molar-refractivity contribution in [1.29, 1.82) is 0 Å². The van der Waals surface area contributed by atoms with Crippen LogP contribution in [0.25, 0.3) is 22.8 Å². The molecule has 1 aliphatic rings. The Morgan fingerprint density at radius 3 is 2.66 bits per heavy atom. The lowest BCUT2D eigenvalue weighted by molar-refractivity contribution is 0.242. The Morgan fingerprint density at radius 2 is 1.90 bits per heavy atom. The third kappa shape index (κ3) is 3.92. The number of furan rings is 1. The Bertz CT molecular complexity index is 1110. The molecule has 1 aromatic carbocycles. The molecule has 5 rings (SSSR count). The summed E-state index contributed by atoms with van der Waals surface area (Å²) in [5.41, 5.74) is 5.34. The van der Waals surface area contributed by atoms with E-state index in [1.165, 1.54) is 11.1 Å². The highest BCUT2D eigenvalue weighted by molar-refractivity contribution is 6.30. The molecular formula is C23H19ClN4O. The van der Waals surface area contributed by atoms with Crippen LogP contribution in [0, 0.1) is 0 Å². The number of hydrogen-bond acceptors (Lipinski definition) is 5. The molecule has 0 saturated heterocycles. The van der Waals surface area contributed by atoms with Crippen molar-refractivity contribution in [2.45, 2.75) is 19.5 Å². The van der Waals surface area contributed by atoms with Gasteiger partial charge in [0.2, 0.25) is 0 Å². The number of hydrogen-bond donors (Lipinski definition) is 0. The summed E-state index contributed by atoms with van der Waals surface area (Å²) < 4.78 is 5.40. The van der Waals surface area contributed by atoms with E-state index >= 15 is 0 Å². The number of fused-ring (bicyclic) bond motifs is 1. The number of benzene rings is 1. The van der Waals surface area contributed by atoms with E-state index in [4.69, 9.17) is 21.0 Å². The van der Waals surface area contributed by atoms with Crippen LogP contribution in [-0.4, -0.2) is 26.4 Å². The molecule has 29 heavy (non-hydrogen) atoms. The number of rotatable bonds is 4. The topological polar surface area (TPSA) is 55.1 Å². The Hall–Kier alpha value is -3.02. The van der Waals surface area contributed by atoms with Gasteiger partial charge in [-0.15, -0.1) is 0 Å². The smallest absolute Gasteiger partial charge is 0.159 e. The molecule has 5 nitrogen and oxygen atoms in total. The van der Waals surface area contributed by atoms with Crippen molar-refractivity contribution in [2.24, 2.45) is 0 Å². The van der Waals surface area contributed by atoms with Crippen LogP contribution in [0.15, 0.2) is 71.6 Å². The first-order chi connectivity index (χ1) is 14.2. The first-order valence-corrected chi connectivity index (χ1v) is 9.94. The second kappa shape index (κ2) is 7.78. The Kier molecular flexibility index (Phi) is 4.84. The van der Waals surface area contributed by atoms with Gasteiger partial charge in [-0.1, -0.05) is 17.7 Å². The van der Waals surface area contributed by atoms with Gasteiger partial charge in [0, 0.05) is 54.6 Å². The lowest BCUT2D eigenvalue weighted by Gasteiger charge is -2.28. The fraction of sp³-hybridized carbons (Fsp3) is 0.174. The number of pyridine rings is 1. The van der Waals surface area contributed by atoms with Gasteiger partial charge < -0.3 is 4.42 Å². The highest BCUT2D eigenvalue weighted by Gasteiger charge is 2.19. The minimum absolute atomic E-state index is 0.717. The molecule has 3 aromatic heterocycles. The SMILES string of the molecule is Clc1ccc(-c2ncc3c(n2)CCN(Cc2ccc(-c4ccco4)nc2)C3)cc1. The molecule has 4 heterocycles. The van der Waals surface area contributed by atoms with Gasteiger partial charge in [0.05, 0.1) is 12.0 Å². The summed E-state index contributed by atoms with van der Waals surface area (Å²) in [4.78, 5) is 16.3. The van der Waals surface area contributed by atoms with E-state index in [1.54, 1.807) is 6.26 Å². The highest BCUT2D eigenvalue weighted by Crippen LogP contribution is 2.24. The third-order valence-electron chi connectivity index (χ3n) is 5.12. The van der Waals surface area contributed by atoms with Crippen molar-refractivity contribution in [3.05, 3.63) is 89.0 Å². The van der Waals surface area contributed by atoms with E-state index in [1.807, 2.05) is 54.9 Å². The molecule has 0 fully saturated rings. The highest BCUT2D eigenvalue weighted by atomic mass is 35.5. The second-order valence-corrected chi connectivity index (χ2v) is 7.60. The largest absolute Gasteiger partial charge is 0.463 e. The van der Waals surface area contributed by atoms with Crippen LogP contribution in [-0.2, 0) is 19.5 Å². The van der Waals surface area contributed by atoms with E-state index in [9.17, 15) is 0 Å². The van der Waals surface area contributed by atoms with Crippen LogP contribution in [0.3, 0.4) is 0 Å². The quantitative estimate of drug-likeness (QED) is 0.480. The van der Waals surface area contributed by atoms with E-state index in [2.05, 4.69) is 20.9 Å². The van der Waals surface area contributed by atoms with Gasteiger partial charge >= 0.3 is 0 Å². The van der Waals surface area contributed by atoms with E-state index in [-0.39, 0.29) is 0 Å². The van der Waals surface area contributed by atoms with Gasteiger partial charge in [-0.2, -0.15) is 0 Å². The summed E-state index contributed by atoms with van der Waals surface area (Å²) in [6.45, 7) is 2.66. The maximum absolute atomic E-state index is 5.98. The molecular weight excluding hydrogens is 384 g/mol. The molecule has 144 valence electrons. The minimum Gasteiger partial charge on any atom is -0.463 e. The van der Waals surface area contributed by atoms with Crippen molar-refractivity contribution in [2.75, 3.05) is 6.54 Å². The Labute approximate surface area is 174 Å². The zero-order chi connectivity index (χ0) is 19.6. The van der Waals surface area contributed by atoms with Crippen molar-refractivity contribution in [3.8, 4) is 22.8 Å². The summed E-state index contributed by atoms with van der Waals surface area (Å²) in [5, 5.41) is 0.717. The zero-order valence-electron chi connectivity index (χ0n) is 15.8. The van der Waals surface area contributed by atoms with Gasteiger partial charge in [-0.3, -0.25) is 9.88 Å². The van der Waals surface area contributed by atoms with E-state index < -0.39 is 0 Å². The average molecular weight is 403 g/mol. The van der Waals surface area contributed by atoms with Gasteiger partial charge in [-0.05, 0) is 48.0 Å². The molecule has 0 N–H and O–H groups in total. The van der Waals surface area contributed by atoms with Crippen LogP contribution in [0.4, 0.5) is 0 Å². The standard InChI is InChI=1S/C23H19ClN4O/c24-19-6-4-17(5-7-19)23-26-13-18-15-28(10-9-20(18)27-23)14-16-3-8-21(25-12-16)22-2-1-11-29-22/h1-8,11-13H,9-10,14-15H2.